The Kier molecular flexibility index (Phi) is 3.16. The summed E-state index contributed by atoms with van der Waals surface area (Å²) >= 11 is 2.31. The summed E-state index contributed by atoms with van der Waals surface area (Å²) in [5.41, 5.74) is 0. The minimum absolute atomic E-state index is 0.664. The largest absolute Gasteiger partial charge is 0.356 e. The van der Waals surface area contributed by atoms with Crippen LogP contribution >= 0.6 is 12.6 Å². The second kappa shape index (κ2) is 3.16. The highest BCUT2D eigenvalue weighted by atomic mass is 32.1. The van der Waals surface area contributed by atoms with Gasteiger partial charge in [0.05, 0.1) is 0 Å². The fraction of sp³-hybridized carbons (Fsp3) is 1.00. The molecule has 0 aromatic heterocycles. The Hall–Kier alpha value is -0.0000000000000000555. The number of thiol groups is 1. The van der Waals surface area contributed by atoms with Crippen molar-refractivity contribution < 1.29 is 22.0 Å². The first-order valence-electron chi connectivity index (χ1n) is 2.85. The highest BCUT2D eigenvalue weighted by Gasteiger charge is 2.58. The molecule has 0 fully saturated rings. The summed E-state index contributed by atoms with van der Waals surface area (Å²) in [4.78, 5) is 0. The number of hydrogen-bond acceptors (Lipinski definition) is 1. The third-order valence-corrected chi connectivity index (χ3v) is 1.45. The van der Waals surface area contributed by atoms with Crippen LogP contribution in [-0.2, 0) is 0 Å². The molecule has 0 rings (SSSR count). The highest BCUT2D eigenvalue weighted by Crippen LogP contribution is 2.41. The predicted octanol–water partition coefficient (Wildman–Crippen LogP) is 2.89. The van der Waals surface area contributed by atoms with Gasteiger partial charge in [-0.1, -0.05) is 19.6 Å². The van der Waals surface area contributed by atoms with Crippen LogP contribution in [0.5, 0.6) is 0 Å². The molecule has 1 atom stereocenters. The van der Waals surface area contributed by atoms with Gasteiger partial charge in [0.2, 0.25) is 0 Å². The Balaban J connectivity index is 4.45. The van der Waals surface area contributed by atoms with Crippen molar-refractivity contribution in [3.05, 3.63) is 0 Å². The lowest BCUT2D eigenvalue weighted by Gasteiger charge is -2.24. The molecule has 1 unspecified atom stereocenters. The third kappa shape index (κ3) is 2.21. The molecule has 0 saturated carbocycles. The predicted molar refractivity (Wildman–Crippen MR) is 34.1 cm³/mol. The Bertz CT molecular complexity index is 129. The van der Waals surface area contributed by atoms with Gasteiger partial charge < -0.3 is 0 Å². The van der Waals surface area contributed by atoms with Gasteiger partial charge in [0.15, 0.2) is 6.17 Å². The van der Waals surface area contributed by atoms with Crippen molar-refractivity contribution >= 4 is 12.6 Å². The maximum absolute atomic E-state index is 12.1. The molecule has 11 heavy (non-hydrogen) atoms. The van der Waals surface area contributed by atoms with Gasteiger partial charge in [0.1, 0.15) is 0 Å². The van der Waals surface area contributed by atoms with Gasteiger partial charge in [0.25, 0.3) is 0 Å². The summed E-state index contributed by atoms with van der Waals surface area (Å²) in [5.74, 6) is -4.69. The third-order valence-electron chi connectivity index (χ3n) is 1.15. The first-order valence-corrected chi connectivity index (χ1v) is 3.30. The van der Waals surface area contributed by atoms with Gasteiger partial charge in [-0.05, 0) is 6.42 Å². The average Bonchev–Trinajstić information content (AvgIpc) is 1.83. The van der Waals surface area contributed by atoms with Crippen LogP contribution < -0.4 is 0 Å². The lowest BCUT2D eigenvalue weighted by Crippen LogP contribution is -2.43. The number of hydrogen-bond donors (Lipinski definition) is 1. The van der Waals surface area contributed by atoms with Crippen LogP contribution in [0.3, 0.4) is 0 Å². The molecule has 0 spiro atoms. The summed E-state index contributed by atoms with van der Waals surface area (Å²) in [6.07, 6.45) is -3.52. The van der Waals surface area contributed by atoms with Gasteiger partial charge in [-0.2, -0.15) is 17.6 Å². The fourth-order valence-corrected chi connectivity index (χ4v) is 0.585. The molecule has 0 bridgehead atoms. The standard InChI is InChI=1S/C5H7F5S/c1-2-3(6)4(7,8)5(9,10)11/h3,11H,2H2,1H3. The Labute approximate surface area is 66.2 Å². The van der Waals surface area contributed by atoms with Crippen molar-refractivity contribution in [2.45, 2.75) is 30.7 Å². The topological polar surface area (TPSA) is 0 Å². The summed E-state index contributed by atoms with van der Waals surface area (Å²) < 4.78 is 60.0. The Morgan fingerprint density at radius 3 is 1.73 bits per heavy atom. The summed E-state index contributed by atoms with van der Waals surface area (Å²) in [5, 5.41) is -4.59. The molecule has 6 heteroatoms. The maximum atomic E-state index is 12.1. The van der Waals surface area contributed by atoms with E-state index in [1.54, 1.807) is 0 Å². The summed E-state index contributed by atoms with van der Waals surface area (Å²) in [7, 11) is 0. The van der Waals surface area contributed by atoms with Gasteiger partial charge >= 0.3 is 11.2 Å². The number of halogens is 5. The van der Waals surface area contributed by atoms with Crippen LogP contribution in [0.2, 0.25) is 0 Å². The first kappa shape index (κ1) is 11.0. The summed E-state index contributed by atoms with van der Waals surface area (Å²) in [6.45, 7) is 1.05. The first-order chi connectivity index (χ1) is 4.73. The molecule has 0 aromatic rings. The molecule has 0 N–H and O–H groups in total. The fourth-order valence-electron chi connectivity index (χ4n) is 0.445. The van der Waals surface area contributed by atoms with Gasteiger partial charge in [-0.3, -0.25) is 0 Å². The van der Waals surface area contributed by atoms with Crippen molar-refractivity contribution in [3.63, 3.8) is 0 Å². The van der Waals surface area contributed by atoms with Crippen LogP contribution in [0.1, 0.15) is 13.3 Å². The van der Waals surface area contributed by atoms with Crippen LogP contribution in [0.15, 0.2) is 0 Å². The van der Waals surface area contributed by atoms with E-state index in [9.17, 15) is 22.0 Å². The molecule has 0 saturated heterocycles. The van der Waals surface area contributed by atoms with Crippen molar-refractivity contribution in [3.8, 4) is 0 Å². The smallest absolute Gasteiger partial charge is 0.241 e. The second-order valence-corrected chi connectivity index (χ2v) is 2.60. The molecule has 68 valence electrons. The van der Waals surface area contributed by atoms with E-state index < -0.39 is 23.8 Å². The van der Waals surface area contributed by atoms with Crippen LogP contribution in [0, 0.1) is 0 Å². The molecule has 0 radical (unpaired) electrons. The molecule has 0 aliphatic carbocycles. The van der Waals surface area contributed by atoms with E-state index in [1.807, 2.05) is 0 Å². The van der Waals surface area contributed by atoms with Crippen molar-refractivity contribution in [2.75, 3.05) is 0 Å². The Morgan fingerprint density at radius 1 is 1.27 bits per heavy atom. The zero-order chi connectivity index (χ0) is 9.28. The van der Waals surface area contributed by atoms with E-state index in [4.69, 9.17) is 0 Å². The van der Waals surface area contributed by atoms with E-state index in [2.05, 4.69) is 12.6 Å². The van der Waals surface area contributed by atoms with E-state index in [0.717, 1.165) is 6.92 Å². The SMILES string of the molecule is CCC(F)C(F)(F)C(F)(F)S. The molecular weight excluding hydrogens is 187 g/mol. The van der Waals surface area contributed by atoms with Crippen molar-refractivity contribution in [2.24, 2.45) is 0 Å². The van der Waals surface area contributed by atoms with Crippen LogP contribution in [-0.4, -0.2) is 17.3 Å². The Morgan fingerprint density at radius 2 is 1.64 bits per heavy atom. The minimum Gasteiger partial charge on any atom is -0.241 e. The van der Waals surface area contributed by atoms with E-state index >= 15 is 0 Å². The second-order valence-electron chi connectivity index (χ2n) is 2.04. The zero-order valence-electron chi connectivity index (χ0n) is 5.62. The molecule has 0 nitrogen and oxygen atoms in total. The normalized spacial score (nSPS) is 16.6. The van der Waals surface area contributed by atoms with E-state index in [-0.39, 0.29) is 0 Å². The average molecular weight is 194 g/mol. The molecular formula is C5H7F5S. The lowest BCUT2D eigenvalue weighted by molar-refractivity contribution is -0.189. The van der Waals surface area contributed by atoms with Gasteiger partial charge in [-0.25, -0.2) is 4.39 Å². The van der Waals surface area contributed by atoms with Crippen LogP contribution in [0.4, 0.5) is 22.0 Å². The molecule has 0 heterocycles. The monoisotopic (exact) mass is 194 g/mol. The van der Waals surface area contributed by atoms with Gasteiger partial charge in [0, 0.05) is 0 Å². The van der Waals surface area contributed by atoms with E-state index in [1.165, 1.54) is 0 Å². The number of alkyl halides is 5. The molecule has 0 aliphatic rings. The molecule has 0 aromatic carbocycles. The molecule has 0 aliphatic heterocycles. The summed E-state index contributed by atoms with van der Waals surface area (Å²) in [6, 6.07) is 0. The highest BCUT2D eigenvalue weighted by molar-refractivity contribution is 7.81. The number of rotatable bonds is 3. The van der Waals surface area contributed by atoms with E-state index in [0.29, 0.717) is 0 Å². The van der Waals surface area contributed by atoms with Crippen molar-refractivity contribution in [1.82, 2.24) is 0 Å². The minimum atomic E-state index is -4.69. The maximum Gasteiger partial charge on any atom is 0.356 e. The quantitative estimate of drug-likeness (QED) is 0.518. The van der Waals surface area contributed by atoms with Crippen LogP contribution in [0.25, 0.3) is 0 Å². The van der Waals surface area contributed by atoms with Crippen molar-refractivity contribution in [1.29, 1.82) is 0 Å². The lowest BCUT2D eigenvalue weighted by atomic mass is 10.2. The molecule has 0 amide bonds. The van der Waals surface area contributed by atoms with Gasteiger partial charge in [-0.15, -0.1) is 0 Å². The zero-order valence-corrected chi connectivity index (χ0v) is 6.52.